The predicted molar refractivity (Wildman–Crippen MR) is 55.5 cm³/mol. The van der Waals surface area contributed by atoms with E-state index in [0.29, 0.717) is 0 Å². The smallest absolute Gasteiger partial charge is 0.322 e. The van der Waals surface area contributed by atoms with Crippen molar-refractivity contribution >= 4 is 11.8 Å². The molecule has 7 heteroatoms. The maximum atomic E-state index is 12.2. The molecule has 17 heavy (non-hydrogen) atoms. The summed E-state index contributed by atoms with van der Waals surface area (Å²) in [5.41, 5.74) is -1.75. The van der Waals surface area contributed by atoms with Gasteiger partial charge in [0.05, 0.1) is 5.70 Å². The molecule has 96 valence electrons. The fourth-order valence-electron chi connectivity index (χ4n) is 0.825. The third-order valence-corrected chi connectivity index (χ3v) is 1.91. The standard InChI is InChI=1S/C10H13F3N2O2/c1-5-8(16)14-6(2)9(17)15(4)7(3)10(11,12)13/h2-3,5H2,1,4H3,(H,14,16). The first-order chi connectivity index (χ1) is 7.61. The Morgan fingerprint density at radius 2 is 1.76 bits per heavy atom. The molecule has 0 spiro atoms. The second-order valence-electron chi connectivity index (χ2n) is 3.19. The zero-order valence-corrected chi connectivity index (χ0v) is 9.52. The first-order valence-corrected chi connectivity index (χ1v) is 4.64. The van der Waals surface area contributed by atoms with Gasteiger partial charge >= 0.3 is 6.18 Å². The highest BCUT2D eigenvalue weighted by atomic mass is 19.4. The van der Waals surface area contributed by atoms with Crippen LogP contribution in [0.2, 0.25) is 0 Å². The zero-order chi connectivity index (χ0) is 13.8. The first-order valence-electron chi connectivity index (χ1n) is 4.64. The Bertz CT molecular complexity index is 361. The number of alkyl halides is 3. The molecule has 0 aliphatic heterocycles. The van der Waals surface area contributed by atoms with Crippen LogP contribution in [0.5, 0.6) is 0 Å². The van der Waals surface area contributed by atoms with Crippen molar-refractivity contribution in [2.45, 2.75) is 19.5 Å². The molecular formula is C10H13F3N2O2. The van der Waals surface area contributed by atoms with E-state index >= 15 is 0 Å². The Balaban J connectivity index is 4.67. The second-order valence-corrected chi connectivity index (χ2v) is 3.19. The van der Waals surface area contributed by atoms with Crippen molar-refractivity contribution in [1.29, 1.82) is 0 Å². The number of hydrogen-bond acceptors (Lipinski definition) is 2. The molecule has 0 saturated heterocycles. The third kappa shape index (κ3) is 4.29. The number of halogens is 3. The zero-order valence-electron chi connectivity index (χ0n) is 9.52. The van der Waals surface area contributed by atoms with Crippen LogP contribution in [0.3, 0.4) is 0 Å². The molecule has 0 fully saturated rings. The van der Waals surface area contributed by atoms with E-state index in [1.807, 2.05) is 0 Å². The summed E-state index contributed by atoms with van der Waals surface area (Å²) in [6, 6.07) is 0. The molecule has 0 atom stereocenters. The van der Waals surface area contributed by atoms with Gasteiger partial charge in [-0.3, -0.25) is 9.59 Å². The number of carbonyl (C=O) groups is 2. The Hall–Kier alpha value is -1.79. The summed E-state index contributed by atoms with van der Waals surface area (Å²) in [5.74, 6) is -1.57. The van der Waals surface area contributed by atoms with Gasteiger partial charge in [0.2, 0.25) is 5.91 Å². The molecule has 0 aliphatic carbocycles. The van der Waals surface area contributed by atoms with Crippen molar-refractivity contribution in [3.8, 4) is 0 Å². The van der Waals surface area contributed by atoms with Crippen molar-refractivity contribution in [3.05, 3.63) is 24.6 Å². The van der Waals surface area contributed by atoms with Gasteiger partial charge in [-0.1, -0.05) is 20.1 Å². The van der Waals surface area contributed by atoms with Gasteiger partial charge in [0.15, 0.2) is 0 Å². The molecular weight excluding hydrogens is 237 g/mol. The normalized spacial score (nSPS) is 10.6. The molecule has 0 aliphatic rings. The first kappa shape index (κ1) is 15.2. The van der Waals surface area contributed by atoms with E-state index in [1.165, 1.54) is 6.92 Å². The number of nitrogens with one attached hydrogen (secondary N) is 1. The number of allylic oxidation sites excluding steroid dienone is 1. The highest BCUT2D eigenvalue weighted by Gasteiger charge is 2.37. The maximum Gasteiger partial charge on any atom is 0.430 e. The number of likely N-dealkylation sites (N-methyl/N-ethyl adjacent to an activating group) is 1. The molecule has 0 aromatic carbocycles. The number of nitrogens with zero attached hydrogens (tertiary/aromatic N) is 1. The van der Waals surface area contributed by atoms with Gasteiger partial charge in [-0.05, 0) is 0 Å². The molecule has 0 saturated carbocycles. The van der Waals surface area contributed by atoms with Crippen molar-refractivity contribution < 1.29 is 22.8 Å². The maximum absolute atomic E-state index is 12.2. The van der Waals surface area contributed by atoms with Gasteiger partial charge < -0.3 is 10.2 Å². The van der Waals surface area contributed by atoms with E-state index in [9.17, 15) is 22.8 Å². The highest BCUT2D eigenvalue weighted by molar-refractivity contribution is 5.97. The third-order valence-electron chi connectivity index (χ3n) is 1.91. The summed E-state index contributed by atoms with van der Waals surface area (Å²) in [7, 11) is 0.904. The van der Waals surface area contributed by atoms with Crippen LogP contribution in [0.25, 0.3) is 0 Å². The molecule has 0 heterocycles. The van der Waals surface area contributed by atoms with Crippen LogP contribution in [0, 0.1) is 0 Å². The number of rotatable bonds is 4. The Morgan fingerprint density at radius 3 is 2.12 bits per heavy atom. The van der Waals surface area contributed by atoms with Crippen molar-refractivity contribution in [3.63, 3.8) is 0 Å². The topological polar surface area (TPSA) is 49.4 Å². The van der Waals surface area contributed by atoms with E-state index in [4.69, 9.17) is 0 Å². The largest absolute Gasteiger partial charge is 0.430 e. The van der Waals surface area contributed by atoms with E-state index in [0.717, 1.165) is 7.05 Å². The average molecular weight is 250 g/mol. The molecule has 4 nitrogen and oxygen atoms in total. The van der Waals surface area contributed by atoms with E-state index in [1.54, 1.807) is 0 Å². The lowest BCUT2D eigenvalue weighted by molar-refractivity contribution is -0.137. The predicted octanol–water partition coefficient (Wildman–Crippen LogP) is 1.56. The van der Waals surface area contributed by atoms with Crippen LogP contribution in [0.4, 0.5) is 13.2 Å². The van der Waals surface area contributed by atoms with E-state index in [2.05, 4.69) is 18.5 Å². The summed E-state index contributed by atoms with van der Waals surface area (Å²) in [4.78, 5) is 22.7. The number of hydrogen-bond donors (Lipinski definition) is 1. The van der Waals surface area contributed by atoms with Gasteiger partial charge in [-0.2, -0.15) is 13.2 Å². The SMILES string of the molecule is C=C(NC(=O)CC)C(=O)N(C)C(=C)C(F)(F)F. The van der Waals surface area contributed by atoms with Gasteiger partial charge in [0.1, 0.15) is 5.70 Å². The Labute approximate surface area is 96.8 Å². The number of amides is 2. The monoisotopic (exact) mass is 250 g/mol. The summed E-state index contributed by atoms with van der Waals surface area (Å²) in [6.07, 6.45) is -4.62. The van der Waals surface area contributed by atoms with Crippen LogP contribution < -0.4 is 5.32 Å². The van der Waals surface area contributed by atoms with Gasteiger partial charge in [-0.15, -0.1) is 0 Å². The van der Waals surface area contributed by atoms with Crippen molar-refractivity contribution in [1.82, 2.24) is 10.2 Å². The van der Waals surface area contributed by atoms with E-state index < -0.39 is 29.4 Å². The minimum Gasteiger partial charge on any atom is -0.322 e. The second kappa shape index (κ2) is 5.51. The number of carbonyl (C=O) groups excluding carboxylic acids is 2. The summed E-state index contributed by atoms with van der Waals surface area (Å²) in [5, 5.41) is 2.08. The lowest BCUT2D eigenvalue weighted by Crippen LogP contribution is -2.38. The molecule has 2 amide bonds. The van der Waals surface area contributed by atoms with Crippen LogP contribution in [-0.2, 0) is 9.59 Å². The molecule has 0 rings (SSSR count). The summed E-state index contributed by atoms with van der Waals surface area (Å²) in [6.45, 7) is 7.48. The lowest BCUT2D eigenvalue weighted by Gasteiger charge is -2.22. The lowest BCUT2D eigenvalue weighted by atomic mass is 10.3. The van der Waals surface area contributed by atoms with Crippen LogP contribution in [-0.4, -0.2) is 29.9 Å². The molecule has 0 radical (unpaired) electrons. The molecule has 0 bridgehead atoms. The fourth-order valence-corrected chi connectivity index (χ4v) is 0.825. The van der Waals surface area contributed by atoms with Gasteiger partial charge in [-0.25, -0.2) is 0 Å². The minimum atomic E-state index is -4.71. The van der Waals surface area contributed by atoms with Gasteiger partial charge in [0, 0.05) is 13.5 Å². The van der Waals surface area contributed by atoms with Crippen LogP contribution in [0.1, 0.15) is 13.3 Å². The summed E-state index contributed by atoms with van der Waals surface area (Å²) < 4.78 is 36.7. The summed E-state index contributed by atoms with van der Waals surface area (Å²) >= 11 is 0. The van der Waals surface area contributed by atoms with Gasteiger partial charge in [0.25, 0.3) is 5.91 Å². The van der Waals surface area contributed by atoms with Crippen LogP contribution >= 0.6 is 0 Å². The molecule has 0 aromatic rings. The van der Waals surface area contributed by atoms with Crippen molar-refractivity contribution in [2.75, 3.05) is 7.05 Å². The Kier molecular flexibility index (Phi) is 4.93. The quantitative estimate of drug-likeness (QED) is 0.770. The Morgan fingerprint density at radius 1 is 1.29 bits per heavy atom. The van der Waals surface area contributed by atoms with Crippen LogP contribution in [0.15, 0.2) is 24.6 Å². The highest BCUT2D eigenvalue weighted by Crippen LogP contribution is 2.26. The minimum absolute atomic E-state index is 0.0935. The molecule has 1 N–H and O–H groups in total. The molecule has 0 unspecified atom stereocenters. The van der Waals surface area contributed by atoms with Crippen molar-refractivity contribution in [2.24, 2.45) is 0 Å². The fraction of sp³-hybridized carbons (Fsp3) is 0.400. The molecule has 0 aromatic heterocycles. The average Bonchev–Trinajstić information content (AvgIpc) is 2.24. The van der Waals surface area contributed by atoms with E-state index in [-0.39, 0.29) is 11.3 Å².